The maximum Gasteiger partial charge on any atom is 0.222 e. The van der Waals surface area contributed by atoms with Crippen LogP contribution in [0.5, 0.6) is 0 Å². The van der Waals surface area contributed by atoms with Crippen LogP contribution < -0.4 is 0 Å². The van der Waals surface area contributed by atoms with E-state index in [2.05, 4.69) is 4.90 Å². The van der Waals surface area contributed by atoms with Gasteiger partial charge in [-0.05, 0) is 18.8 Å². The third-order valence-electron chi connectivity index (χ3n) is 4.33. The lowest BCUT2D eigenvalue weighted by atomic mass is 9.86. The topological polar surface area (TPSA) is 43.8 Å². The molecule has 1 saturated carbocycles. The highest BCUT2D eigenvalue weighted by molar-refractivity contribution is 5.76. The Morgan fingerprint density at radius 2 is 1.72 bits per heavy atom. The molecule has 2 aliphatic rings. The van der Waals surface area contributed by atoms with Crippen LogP contribution in [0.3, 0.4) is 0 Å². The van der Waals surface area contributed by atoms with Crippen molar-refractivity contribution < 1.29 is 9.90 Å². The molecule has 0 aromatic carbocycles. The third-order valence-corrected chi connectivity index (χ3v) is 4.33. The van der Waals surface area contributed by atoms with E-state index in [0.29, 0.717) is 11.8 Å². The molecule has 4 nitrogen and oxygen atoms in total. The molecular weight excluding hydrogens is 228 g/mol. The molecule has 1 amide bonds. The van der Waals surface area contributed by atoms with Gasteiger partial charge in [-0.15, -0.1) is 0 Å². The van der Waals surface area contributed by atoms with Crippen molar-refractivity contribution in [1.82, 2.24) is 9.80 Å². The van der Waals surface area contributed by atoms with Crippen molar-refractivity contribution in [3.8, 4) is 0 Å². The van der Waals surface area contributed by atoms with Gasteiger partial charge in [0, 0.05) is 39.1 Å². The minimum atomic E-state index is 0.218. The number of β-amino-alcohol motifs (C(OH)–C–C–N with tert-alkyl or cyclic N) is 1. The molecule has 0 bridgehead atoms. The van der Waals surface area contributed by atoms with Gasteiger partial charge in [-0.1, -0.05) is 19.3 Å². The molecule has 1 N–H and O–H groups in total. The number of aliphatic hydroxyl groups excluding tert-OH is 1. The first-order chi connectivity index (χ1) is 8.79. The van der Waals surface area contributed by atoms with Gasteiger partial charge >= 0.3 is 0 Å². The minimum absolute atomic E-state index is 0.218. The number of carbonyl (C=O) groups is 1. The summed E-state index contributed by atoms with van der Waals surface area (Å²) in [4.78, 5) is 16.4. The van der Waals surface area contributed by atoms with Gasteiger partial charge in [-0.25, -0.2) is 0 Å². The maximum atomic E-state index is 12.2. The quantitative estimate of drug-likeness (QED) is 0.817. The van der Waals surface area contributed by atoms with E-state index in [0.717, 1.165) is 39.1 Å². The zero-order valence-electron chi connectivity index (χ0n) is 11.3. The average Bonchev–Trinajstić information content (AvgIpc) is 2.41. The molecule has 0 radical (unpaired) electrons. The maximum absolute atomic E-state index is 12.2. The fourth-order valence-electron chi connectivity index (χ4n) is 3.13. The zero-order chi connectivity index (χ0) is 12.8. The Morgan fingerprint density at radius 1 is 1.06 bits per heavy atom. The van der Waals surface area contributed by atoms with Gasteiger partial charge in [0.05, 0.1) is 6.61 Å². The smallest absolute Gasteiger partial charge is 0.222 e. The van der Waals surface area contributed by atoms with E-state index in [1.165, 1.54) is 32.1 Å². The highest BCUT2D eigenvalue weighted by Crippen LogP contribution is 2.26. The normalized spacial score (nSPS) is 23.3. The number of aliphatic hydroxyl groups is 1. The summed E-state index contributed by atoms with van der Waals surface area (Å²) in [5, 5.41) is 8.89. The van der Waals surface area contributed by atoms with Crippen molar-refractivity contribution in [3.63, 3.8) is 0 Å². The van der Waals surface area contributed by atoms with Crippen molar-refractivity contribution in [2.45, 2.75) is 38.5 Å². The van der Waals surface area contributed by atoms with Crippen LogP contribution in [0, 0.1) is 5.92 Å². The van der Waals surface area contributed by atoms with Crippen molar-refractivity contribution in [2.75, 3.05) is 39.3 Å². The summed E-state index contributed by atoms with van der Waals surface area (Å²) in [6.45, 7) is 4.46. The molecule has 4 heteroatoms. The first-order valence-corrected chi connectivity index (χ1v) is 7.40. The van der Waals surface area contributed by atoms with Crippen molar-refractivity contribution in [1.29, 1.82) is 0 Å². The van der Waals surface area contributed by atoms with Crippen LogP contribution in [0.15, 0.2) is 0 Å². The van der Waals surface area contributed by atoms with E-state index in [1.807, 2.05) is 4.90 Å². The largest absolute Gasteiger partial charge is 0.395 e. The molecule has 1 aliphatic heterocycles. The lowest BCUT2D eigenvalue weighted by Crippen LogP contribution is -2.49. The highest BCUT2D eigenvalue weighted by atomic mass is 16.3. The third kappa shape index (κ3) is 3.95. The molecule has 2 fully saturated rings. The Kier molecular flexibility index (Phi) is 5.45. The Morgan fingerprint density at radius 3 is 2.33 bits per heavy atom. The van der Waals surface area contributed by atoms with Crippen LogP contribution in [-0.4, -0.2) is 60.1 Å². The number of nitrogens with zero attached hydrogens (tertiary/aromatic N) is 2. The Balaban J connectivity index is 1.70. The number of hydrogen-bond donors (Lipinski definition) is 1. The first-order valence-electron chi connectivity index (χ1n) is 7.40. The van der Waals surface area contributed by atoms with E-state index in [1.54, 1.807) is 0 Å². The molecule has 0 aromatic rings. The number of rotatable bonds is 4. The first kappa shape index (κ1) is 13.8. The zero-order valence-corrected chi connectivity index (χ0v) is 11.3. The summed E-state index contributed by atoms with van der Waals surface area (Å²) in [5.41, 5.74) is 0. The molecule has 2 rings (SSSR count). The molecule has 104 valence electrons. The van der Waals surface area contributed by atoms with Gasteiger partial charge in [0.25, 0.3) is 0 Å². The van der Waals surface area contributed by atoms with Crippen LogP contribution in [0.4, 0.5) is 0 Å². The van der Waals surface area contributed by atoms with Crippen LogP contribution in [0.25, 0.3) is 0 Å². The molecule has 1 saturated heterocycles. The fraction of sp³-hybridized carbons (Fsp3) is 0.929. The lowest BCUT2D eigenvalue weighted by Gasteiger charge is -2.35. The summed E-state index contributed by atoms with van der Waals surface area (Å²) in [6, 6.07) is 0. The van der Waals surface area contributed by atoms with Crippen LogP contribution in [0.1, 0.15) is 38.5 Å². The van der Waals surface area contributed by atoms with Gasteiger partial charge in [0.15, 0.2) is 0 Å². The van der Waals surface area contributed by atoms with Crippen LogP contribution >= 0.6 is 0 Å². The van der Waals surface area contributed by atoms with Crippen LogP contribution in [-0.2, 0) is 4.79 Å². The monoisotopic (exact) mass is 254 g/mol. The number of hydrogen-bond acceptors (Lipinski definition) is 3. The van der Waals surface area contributed by atoms with Crippen molar-refractivity contribution >= 4 is 5.91 Å². The number of amides is 1. The Hall–Kier alpha value is -0.610. The summed E-state index contributed by atoms with van der Waals surface area (Å²) < 4.78 is 0. The molecule has 0 spiro atoms. The predicted molar refractivity (Wildman–Crippen MR) is 71.3 cm³/mol. The van der Waals surface area contributed by atoms with Gasteiger partial charge < -0.3 is 10.0 Å². The van der Waals surface area contributed by atoms with Gasteiger partial charge in [0.1, 0.15) is 0 Å². The Labute approximate surface area is 110 Å². The Bertz CT molecular complexity index is 257. The molecular formula is C14H26N2O2. The van der Waals surface area contributed by atoms with Crippen molar-refractivity contribution in [3.05, 3.63) is 0 Å². The average molecular weight is 254 g/mol. The molecule has 0 atom stereocenters. The minimum Gasteiger partial charge on any atom is -0.395 e. The van der Waals surface area contributed by atoms with Crippen LogP contribution in [0.2, 0.25) is 0 Å². The summed E-state index contributed by atoms with van der Waals surface area (Å²) in [7, 11) is 0. The van der Waals surface area contributed by atoms with Gasteiger partial charge in [-0.2, -0.15) is 0 Å². The summed E-state index contributed by atoms with van der Waals surface area (Å²) in [6.07, 6.45) is 7.22. The standard InChI is InChI=1S/C14H26N2O2/c17-11-10-15-6-8-16(9-7-15)14(18)12-13-4-2-1-3-5-13/h13,17H,1-12H2. The molecule has 0 aromatic heterocycles. The van der Waals surface area contributed by atoms with Gasteiger partial charge in [-0.3, -0.25) is 9.69 Å². The SMILES string of the molecule is O=C(CC1CCCCC1)N1CCN(CCO)CC1. The number of piperazine rings is 1. The fourth-order valence-corrected chi connectivity index (χ4v) is 3.13. The summed E-state index contributed by atoms with van der Waals surface area (Å²) >= 11 is 0. The molecule has 1 aliphatic carbocycles. The highest BCUT2D eigenvalue weighted by Gasteiger charge is 2.24. The predicted octanol–water partition coefficient (Wildman–Crippen LogP) is 1.09. The second-order valence-electron chi connectivity index (χ2n) is 5.65. The molecule has 0 unspecified atom stereocenters. The van der Waals surface area contributed by atoms with E-state index >= 15 is 0 Å². The van der Waals surface area contributed by atoms with Crippen molar-refractivity contribution in [2.24, 2.45) is 5.92 Å². The van der Waals surface area contributed by atoms with E-state index < -0.39 is 0 Å². The lowest BCUT2D eigenvalue weighted by molar-refractivity contribution is -0.134. The van der Waals surface area contributed by atoms with E-state index in [4.69, 9.17) is 5.11 Å². The second-order valence-corrected chi connectivity index (χ2v) is 5.65. The second kappa shape index (κ2) is 7.10. The van der Waals surface area contributed by atoms with E-state index in [-0.39, 0.29) is 6.61 Å². The molecule has 18 heavy (non-hydrogen) atoms. The van der Waals surface area contributed by atoms with Gasteiger partial charge in [0.2, 0.25) is 5.91 Å². The number of carbonyl (C=O) groups excluding carboxylic acids is 1. The summed E-state index contributed by atoms with van der Waals surface area (Å²) in [5.74, 6) is 0.993. The van der Waals surface area contributed by atoms with E-state index in [9.17, 15) is 4.79 Å². The molecule has 1 heterocycles.